The number of hydrogen-bond acceptors (Lipinski definition) is 0. The molecule has 4 heteroatoms. The summed E-state index contributed by atoms with van der Waals surface area (Å²) in [5, 5.41) is 0. The molecule has 0 amide bonds. The SMILES string of the molecule is ClC(Cl)(Cl)I. The van der Waals surface area contributed by atoms with Gasteiger partial charge >= 0.3 is 0 Å². The molecule has 0 aliphatic heterocycles. The highest BCUT2D eigenvalue weighted by atomic mass is 127. The molecular weight excluding hydrogens is 245 g/mol. The van der Waals surface area contributed by atoms with E-state index in [2.05, 4.69) is 0 Å². The second kappa shape index (κ2) is 2.05. The highest BCUT2D eigenvalue weighted by molar-refractivity contribution is 14.1. The van der Waals surface area contributed by atoms with Gasteiger partial charge in [0.25, 0.3) is 0 Å². The highest BCUT2D eigenvalue weighted by Crippen LogP contribution is 2.33. The van der Waals surface area contributed by atoms with E-state index in [0.717, 1.165) is 0 Å². The Morgan fingerprint density at radius 2 is 1.20 bits per heavy atom. The standard InChI is InChI=1S/CCl3I/c2-1(3,4)5. The zero-order chi connectivity index (χ0) is 4.50. The lowest BCUT2D eigenvalue weighted by molar-refractivity contribution is 1.89. The van der Waals surface area contributed by atoms with Crippen molar-refractivity contribution >= 4 is 57.4 Å². The van der Waals surface area contributed by atoms with Crippen LogP contribution in [0.2, 0.25) is 0 Å². The number of alkyl halides is 4. The summed E-state index contributed by atoms with van der Waals surface area (Å²) < 4.78 is -1.11. The summed E-state index contributed by atoms with van der Waals surface area (Å²) in [6.45, 7) is 0. The van der Waals surface area contributed by atoms with Gasteiger partial charge in [0.1, 0.15) is 0 Å². The molecule has 0 aromatic carbocycles. The molecule has 0 fully saturated rings. The van der Waals surface area contributed by atoms with E-state index in [1.807, 2.05) is 0 Å². The molecule has 0 heterocycles. The Kier molecular flexibility index (Phi) is 2.71. The van der Waals surface area contributed by atoms with Crippen molar-refractivity contribution < 1.29 is 0 Å². The van der Waals surface area contributed by atoms with Crippen molar-refractivity contribution in [2.45, 2.75) is 1.80 Å². The van der Waals surface area contributed by atoms with Gasteiger partial charge in [0.2, 0.25) is 1.80 Å². The fourth-order valence-electron chi connectivity index (χ4n) is 0. The lowest BCUT2D eigenvalue weighted by Crippen LogP contribution is -1.79. The maximum absolute atomic E-state index is 5.05. The van der Waals surface area contributed by atoms with Gasteiger partial charge in [-0.25, -0.2) is 0 Å². The van der Waals surface area contributed by atoms with E-state index in [4.69, 9.17) is 34.8 Å². The number of rotatable bonds is 0. The van der Waals surface area contributed by atoms with Crippen LogP contribution in [0.3, 0.4) is 0 Å². The molecule has 5 heavy (non-hydrogen) atoms. The van der Waals surface area contributed by atoms with Gasteiger partial charge in [-0.15, -0.1) is 0 Å². The fraction of sp³-hybridized carbons (Fsp3) is 1.00. The van der Waals surface area contributed by atoms with Crippen LogP contribution in [0.1, 0.15) is 0 Å². The first kappa shape index (κ1) is 6.60. The minimum Gasteiger partial charge on any atom is -0.0723 e. The van der Waals surface area contributed by atoms with E-state index in [9.17, 15) is 0 Å². The van der Waals surface area contributed by atoms with E-state index in [-0.39, 0.29) is 0 Å². The van der Waals surface area contributed by atoms with Gasteiger partial charge in [-0.1, -0.05) is 34.8 Å². The van der Waals surface area contributed by atoms with Crippen molar-refractivity contribution in [3.05, 3.63) is 0 Å². The molecule has 0 aromatic heterocycles. The molecule has 0 bridgehead atoms. The van der Waals surface area contributed by atoms with E-state index >= 15 is 0 Å². The van der Waals surface area contributed by atoms with Crippen molar-refractivity contribution in [1.29, 1.82) is 0 Å². The maximum Gasteiger partial charge on any atom is 0.241 e. The van der Waals surface area contributed by atoms with Gasteiger partial charge < -0.3 is 0 Å². The smallest absolute Gasteiger partial charge is 0.0723 e. The monoisotopic (exact) mass is 244 g/mol. The number of hydrogen-bond donors (Lipinski definition) is 0. The van der Waals surface area contributed by atoms with E-state index in [0.29, 0.717) is 0 Å². The molecule has 32 valence electrons. The Hall–Kier alpha value is 1.60. The van der Waals surface area contributed by atoms with Crippen molar-refractivity contribution in [3.8, 4) is 0 Å². The number of halogens is 4. The van der Waals surface area contributed by atoms with Gasteiger partial charge in [0, 0.05) is 0 Å². The summed E-state index contributed by atoms with van der Waals surface area (Å²) in [4.78, 5) is 0. The zero-order valence-electron chi connectivity index (χ0n) is 2.01. The highest BCUT2D eigenvalue weighted by Gasteiger charge is 2.10. The summed E-state index contributed by atoms with van der Waals surface area (Å²) in [5.41, 5.74) is 0. The summed E-state index contributed by atoms with van der Waals surface area (Å²) in [6.07, 6.45) is 0. The van der Waals surface area contributed by atoms with Gasteiger partial charge in [0.15, 0.2) is 0 Å². The second-order valence-electron chi connectivity index (χ2n) is 0.429. The first-order chi connectivity index (χ1) is 2.00. The van der Waals surface area contributed by atoms with Gasteiger partial charge in [-0.05, 0) is 22.6 Å². The molecule has 0 aliphatic rings. The van der Waals surface area contributed by atoms with Crippen LogP contribution in [0.15, 0.2) is 0 Å². The lowest BCUT2D eigenvalue weighted by atomic mass is 11.9. The Bertz CT molecular complexity index is 22.4. The molecule has 0 saturated heterocycles. The third-order valence-corrected chi connectivity index (χ3v) is 0. The topological polar surface area (TPSA) is 0 Å². The Morgan fingerprint density at radius 1 is 1.20 bits per heavy atom. The van der Waals surface area contributed by atoms with Crippen LogP contribution in [0.4, 0.5) is 0 Å². The average Bonchev–Trinajstić information content (AvgIpc) is 0.722. The van der Waals surface area contributed by atoms with Gasteiger partial charge in [-0.3, -0.25) is 0 Å². The van der Waals surface area contributed by atoms with E-state index < -0.39 is 1.80 Å². The first-order valence-electron chi connectivity index (χ1n) is 0.756. The van der Waals surface area contributed by atoms with Crippen LogP contribution in [-0.2, 0) is 0 Å². The third kappa shape index (κ3) is 28.3. The maximum atomic E-state index is 5.05. The normalized spacial score (nSPS) is 12.0. The molecule has 0 spiro atoms. The Morgan fingerprint density at radius 3 is 1.20 bits per heavy atom. The van der Waals surface area contributed by atoms with Crippen LogP contribution in [0.5, 0.6) is 0 Å². The Labute approximate surface area is 58.9 Å². The van der Waals surface area contributed by atoms with Crippen molar-refractivity contribution in [2.24, 2.45) is 0 Å². The van der Waals surface area contributed by atoms with Crippen molar-refractivity contribution in [3.63, 3.8) is 0 Å². The van der Waals surface area contributed by atoms with Crippen LogP contribution in [0.25, 0.3) is 0 Å². The second-order valence-corrected chi connectivity index (χ2v) is 6.24. The van der Waals surface area contributed by atoms with Crippen LogP contribution >= 0.6 is 57.4 Å². The summed E-state index contributed by atoms with van der Waals surface area (Å²) >= 11 is 16.8. The van der Waals surface area contributed by atoms with E-state index in [1.54, 1.807) is 22.6 Å². The fourth-order valence-corrected chi connectivity index (χ4v) is 0. The molecular formula is CCl3I. The molecule has 0 rings (SSSR count). The molecule has 0 nitrogen and oxygen atoms in total. The lowest BCUT2D eigenvalue weighted by Gasteiger charge is -1.91. The van der Waals surface area contributed by atoms with Gasteiger partial charge in [0.05, 0.1) is 0 Å². The van der Waals surface area contributed by atoms with Gasteiger partial charge in [-0.2, -0.15) is 0 Å². The average molecular weight is 245 g/mol. The van der Waals surface area contributed by atoms with E-state index in [1.165, 1.54) is 0 Å². The summed E-state index contributed by atoms with van der Waals surface area (Å²) in [6, 6.07) is 0. The minimum absolute atomic E-state index is 1.11. The molecule has 0 saturated carbocycles. The summed E-state index contributed by atoms with van der Waals surface area (Å²) in [5.74, 6) is 0. The molecule has 0 atom stereocenters. The largest absolute Gasteiger partial charge is 0.241 e. The van der Waals surface area contributed by atoms with Crippen LogP contribution in [-0.4, -0.2) is 1.80 Å². The Balaban J connectivity index is 3.02. The zero-order valence-corrected chi connectivity index (χ0v) is 6.44. The molecule has 0 aromatic rings. The third-order valence-electron chi connectivity index (χ3n) is 0. The molecule has 0 N–H and O–H groups in total. The minimum atomic E-state index is -1.11. The van der Waals surface area contributed by atoms with Crippen LogP contribution < -0.4 is 0 Å². The first-order valence-corrected chi connectivity index (χ1v) is 2.97. The molecule has 0 aliphatic carbocycles. The summed E-state index contributed by atoms with van der Waals surface area (Å²) in [7, 11) is 0. The molecule has 0 radical (unpaired) electrons. The molecule has 0 unspecified atom stereocenters. The predicted molar refractivity (Wildman–Crippen MR) is 34.3 cm³/mol. The predicted octanol–water partition coefficient (Wildman–Crippen LogP) is 2.75. The van der Waals surface area contributed by atoms with Crippen molar-refractivity contribution in [2.75, 3.05) is 0 Å². The van der Waals surface area contributed by atoms with Crippen molar-refractivity contribution in [1.82, 2.24) is 0 Å². The van der Waals surface area contributed by atoms with Crippen LogP contribution in [0, 0.1) is 0 Å². The quantitative estimate of drug-likeness (QED) is 0.455.